The maximum absolute atomic E-state index is 11.1. The van der Waals surface area contributed by atoms with Crippen molar-refractivity contribution in [3.63, 3.8) is 0 Å². The molecule has 1 heterocycles. The number of aryl methyl sites for hydroxylation is 2. The van der Waals surface area contributed by atoms with Gasteiger partial charge >= 0.3 is 5.97 Å². The minimum absolute atomic E-state index is 0.0802. The van der Waals surface area contributed by atoms with Crippen LogP contribution in [0, 0.1) is 0 Å². The number of carbonyl (C=O) groups excluding carboxylic acids is 1. The fraction of sp³-hybridized carbons (Fsp3) is 0.733. The molecule has 0 spiro atoms. The molecule has 0 aliphatic carbocycles. The van der Waals surface area contributed by atoms with E-state index in [2.05, 4.69) is 23.5 Å². The predicted octanol–water partition coefficient (Wildman–Crippen LogP) is 2.20. The van der Waals surface area contributed by atoms with Crippen molar-refractivity contribution in [2.75, 3.05) is 13.2 Å². The molecule has 1 aromatic rings. The lowest BCUT2D eigenvalue weighted by atomic mass is 10.2. The van der Waals surface area contributed by atoms with Gasteiger partial charge in [-0.2, -0.15) is 5.10 Å². The van der Waals surface area contributed by atoms with Gasteiger partial charge in [0.2, 0.25) is 0 Å². The molecule has 0 fully saturated rings. The predicted molar refractivity (Wildman–Crippen MR) is 79.4 cm³/mol. The van der Waals surface area contributed by atoms with E-state index in [4.69, 9.17) is 4.74 Å². The number of unbranched alkanes of at least 4 members (excludes halogenated alkanes) is 2. The van der Waals surface area contributed by atoms with Gasteiger partial charge in [0.15, 0.2) is 0 Å². The van der Waals surface area contributed by atoms with Crippen LogP contribution in [-0.4, -0.2) is 28.9 Å². The van der Waals surface area contributed by atoms with Crippen LogP contribution < -0.4 is 5.32 Å². The highest BCUT2D eigenvalue weighted by Gasteiger charge is 2.05. The number of ether oxygens (including phenoxy) is 1. The van der Waals surface area contributed by atoms with Crippen molar-refractivity contribution in [2.24, 2.45) is 7.05 Å². The van der Waals surface area contributed by atoms with Crippen LogP contribution >= 0.6 is 0 Å². The molecular weight excluding hydrogens is 254 g/mol. The van der Waals surface area contributed by atoms with Crippen molar-refractivity contribution in [3.8, 4) is 0 Å². The minimum Gasteiger partial charge on any atom is -0.466 e. The molecule has 0 aliphatic heterocycles. The van der Waals surface area contributed by atoms with E-state index >= 15 is 0 Å². The number of nitrogens with zero attached hydrogens (tertiary/aromatic N) is 2. The van der Waals surface area contributed by atoms with E-state index in [9.17, 15) is 4.79 Å². The highest BCUT2D eigenvalue weighted by atomic mass is 16.5. The summed E-state index contributed by atoms with van der Waals surface area (Å²) in [6.07, 6.45) is 6.63. The lowest BCUT2D eigenvalue weighted by Gasteiger charge is -2.05. The molecule has 5 heteroatoms. The van der Waals surface area contributed by atoms with E-state index in [1.165, 1.54) is 11.3 Å². The van der Waals surface area contributed by atoms with Gasteiger partial charge in [0, 0.05) is 31.8 Å². The first kappa shape index (κ1) is 16.7. The molecule has 1 N–H and O–H groups in total. The first-order chi connectivity index (χ1) is 9.67. The Balaban J connectivity index is 2.06. The molecule has 0 atom stereocenters. The number of hydrogen-bond acceptors (Lipinski definition) is 4. The van der Waals surface area contributed by atoms with Crippen LogP contribution in [0.25, 0.3) is 0 Å². The summed E-state index contributed by atoms with van der Waals surface area (Å²) >= 11 is 0. The third-order valence-corrected chi connectivity index (χ3v) is 3.18. The summed E-state index contributed by atoms with van der Waals surface area (Å²) in [5, 5.41) is 7.85. The second-order valence-electron chi connectivity index (χ2n) is 4.92. The van der Waals surface area contributed by atoms with Gasteiger partial charge in [-0.15, -0.1) is 0 Å². The summed E-state index contributed by atoms with van der Waals surface area (Å²) in [4.78, 5) is 11.1. The molecule has 0 radical (unpaired) electrons. The van der Waals surface area contributed by atoms with Crippen LogP contribution in [0.3, 0.4) is 0 Å². The number of aromatic nitrogens is 2. The first-order valence-electron chi connectivity index (χ1n) is 7.55. The molecule has 0 unspecified atom stereocenters. The quantitative estimate of drug-likeness (QED) is 0.527. The Labute approximate surface area is 121 Å². The molecule has 0 bridgehead atoms. The Morgan fingerprint density at radius 1 is 1.35 bits per heavy atom. The van der Waals surface area contributed by atoms with E-state index in [0.29, 0.717) is 13.0 Å². The molecule has 0 aliphatic rings. The zero-order chi connectivity index (χ0) is 14.8. The Morgan fingerprint density at radius 3 is 2.85 bits per heavy atom. The number of rotatable bonds is 10. The zero-order valence-corrected chi connectivity index (χ0v) is 12.9. The minimum atomic E-state index is -0.0802. The molecule has 114 valence electrons. The Morgan fingerprint density at radius 2 is 2.15 bits per heavy atom. The van der Waals surface area contributed by atoms with Gasteiger partial charge in [-0.3, -0.25) is 9.48 Å². The summed E-state index contributed by atoms with van der Waals surface area (Å²) in [5.41, 5.74) is 2.45. The molecule has 1 rings (SSSR count). The van der Waals surface area contributed by atoms with E-state index in [1.807, 2.05) is 18.7 Å². The summed E-state index contributed by atoms with van der Waals surface area (Å²) in [7, 11) is 1.96. The third-order valence-electron chi connectivity index (χ3n) is 3.18. The van der Waals surface area contributed by atoms with E-state index in [-0.39, 0.29) is 5.97 Å². The molecule has 0 saturated heterocycles. The standard InChI is InChI=1S/C15H27N3O2/c1-4-14-13(12-18(3)17-14)11-16-10-8-6-7-9-15(19)20-5-2/h12,16H,4-11H2,1-3H3. The summed E-state index contributed by atoms with van der Waals surface area (Å²) < 4.78 is 6.76. The van der Waals surface area contributed by atoms with Crippen LogP contribution in [0.2, 0.25) is 0 Å². The topological polar surface area (TPSA) is 56.1 Å². The van der Waals surface area contributed by atoms with Crippen molar-refractivity contribution in [1.29, 1.82) is 0 Å². The lowest BCUT2D eigenvalue weighted by Crippen LogP contribution is -2.15. The fourth-order valence-electron chi connectivity index (χ4n) is 2.18. The van der Waals surface area contributed by atoms with Crippen molar-refractivity contribution in [1.82, 2.24) is 15.1 Å². The largest absolute Gasteiger partial charge is 0.466 e. The van der Waals surface area contributed by atoms with Crippen LogP contribution in [0.4, 0.5) is 0 Å². The first-order valence-corrected chi connectivity index (χ1v) is 7.55. The maximum atomic E-state index is 11.1. The van der Waals surface area contributed by atoms with Crippen LogP contribution in [-0.2, 0) is 29.5 Å². The molecule has 20 heavy (non-hydrogen) atoms. The Kier molecular flexibility index (Phi) is 7.95. The van der Waals surface area contributed by atoms with Crippen LogP contribution in [0.15, 0.2) is 6.20 Å². The zero-order valence-electron chi connectivity index (χ0n) is 12.9. The number of esters is 1. The van der Waals surface area contributed by atoms with E-state index < -0.39 is 0 Å². The number of nitrogens with one attached hydrogen (secondary N) is 1. The molecule has 0 amide bonds. The Bertz CT molecular complexity index is 402. The number of carbonyl (C=O) groups is 1. The van der Waals surface area contributed by atoms with Gasteiger partial charge in [0.25, 0.3) is 0 Å². The van der Waals surface area contributed by atoms with Crippen molar-refractivity contribution in [2.45, 2.75) is 52.5 Å². The molecule has 0 saturated carbocycles. The monoisotopic (exact) mass is 281 g/mol. The van der Waals surface area contributed by atoms with Gasteiger partial charge in [0.1, 0.15) is 0 Å². The van der Waals surface area contributed by atoms with Gasteiger partial charge in [-0.05, 0) is 32.7 Å². The SMILES string of the molecule is CCOC(=O)CCCCCNCc1cn(C)nc1CC. The van der Waals surface area contributed by atoms with Gasteiger partial charge < -0.3 is 10.1 Å². The molecule has 0 aromatic carbocycles. The highest BCUT2D eigenvalue weighted by Crippen LogP contribution is 2.07. The van der Waals surface area contributed by atoms with Gasteiger partial charge in [-0.25, -0.2) is 0 Å². The van der Waals surface area contributed by atoms with Crippen LogP contribution in [0.5, 0.6) is 0 Å². The second-order valence-corrected chi connectivity index (χ2v) is 4.92. The van der Waals surface area contributed by atoms with Crippen molar-refractivity contribution >= 4 is 5.97 Å². The van der Waals surface area contributed by atoms with E-state index in [0.717, 1.165) is 38.8 Å². The summed E-state index contributed by atoms with van der Waals surface area (Å²) in [6, 6.07) is 0. The smallest absolute Gasteiger partial charge is 0.305 e. The second kappa shape index (κ2) is 9.53. The van der Waals surface area contributed by atoms with Crippen LogP contribution in [0.1, 0.15) is 50.8 Å². The van der Waals surface area contributed by atoms with E-state index in [1.54, 1.807) is 0 Å². The maximum Gasteiger partial charge on any atom is 0.305 e. The van der Waals surface area contributed by atoms with Gasteiger partial charge in [0.05, 0.1) is 12.3 Å². The highest BCUT2D eigenvalue weighted by molar-refractivity contribution is 5.69. The van der Waals surface area contributed by atoms with Crippen molar-refractivity contribution in [3.05, 3.63) is 17.5 Å². The third kappa shape index (κ3) is 6.19. The summed E-state index contributed by atoms with van der Waals surface area (Å²) in [6.45, 7) is 6.28. The average molecular weight is 281 g/mol. The average Bonchev–Trinajstić information content (AvgIpc) is 2.78. The normalized spacial score (nSPS) is 10.8. The fourth-order valence-corrected chi connectivity index (χ4v) is 2.18. The summed E-state index contributed by atoms with van der Waals surface area (Å²) in [5.74, 6) is -0.0802. The Hall–Kier alpha value is -1.36. The molecule has 1 aromatic heterocycles. The molecule has 5 nitrogen and oxygen atoms in total. The number of hydrogen-bond donors (Lipinski definition) is 1. The lowest BCUT2D eigenvalue weighted by molar-refractivity contribution is -0.143. The van der Waals surface area contributed by atoms with Gasteiger partial charge in [-0.1, -0.05) is 13.3 Å². The van der Waals surface area contributed by atoms with Crippen molar-refractivity contribution < 1.29 is 9.53 Å². The molecular formula is C15H27N3O2.